The van der Waals surface area contributed by atoms with Crippen molar-refractivity contribution < 1.29 is 18.0 Å². The normalized spacial score (nSPS) is 15.8. The molecule has 0 bridgehead atoms. The fourth-order valence-electron chi connectivity index (χ4n) is 2.53. The Labute approximate surface area is 157 Å². The van der Waals surface area contributed by atoms with Crippen molar-refractivity contribution in [2.24, 2.45) is 0 Å². The highest BCUT2D eigenvalue weighted by atomic mass is 32.2. The number of piperidine rings is 1. The quantitative estimate of drug-likeness (QED) is 0.608. The molecule has 0 aliphatic carbocycles. The van der Waals surface area contributed by atoms with Crippen LogP contribution in [0.1, 0.15) is 25.0 Å². The number of amides is 1. The number of hydrazine groups is 1. The van der Waals surface area contributed by atoms with Crippen LogP contribution in [0.15, 0.2) is 28.7 Å². The van der Waals surface area contributed by atoms with Crippen LogP contribution in [0.3, 0.4) is 0 Å². The standard InChI is InChI=1S/C16H17F3N4OS2/c17-16(18,19)13-9-11(12-5-4-8-25-12)20-15(21-13)26-10-14(24)22-23-6-2-1-3-7-23/h4-5,8-9H,1-3,6-7,10H2,(H,22,24). The minimum Gasteiger partial charge on any atom is -0.288 e. The van der Waals surface area contributed by atoms with Crippen molar-refractivity contribution in [1.29, 1.82) is 0 Å². The third kappa shape index (κ3) is 5.18. The molecule has 2 aromatic rings. The summed E-state index contributed by atoms with van der Waals surface area (Å²) >= 11 is 2.20. The van der Waals surface area contributed by atoms with Crippen molar-refractivity contribution in [3.8, 4) is 10.6 Å². The first-order valence-electron chi connectivity index (χ1n) is 8.09. The maximum atomic E-state index is 13.1. The van der Waals surface area contributed by atoms with Gasteiger partial charge in [0.2, 0.25) is 5.91 Å². The molecule has 1 saturated heterocycles. The summed E-state index contributed by atoms with van der Waals surface area (Å²) in [5, 5.41) is 3.55. The van der Waals surface area contributed by atoms with E-state index in [0.717, 1.165) is 50.2 Å². The predicted octanol–water partition coefficient (Wildman–Crippen LogP) is 3.83. The van der Waals surface area contributed by atoms with Crippen molar-refractivity contribution >= 4 is 29.0 Å². The average Bonchev–Trinajstić information content (AvgIpc) is 3.14. The van der Waals surface area contributed by atoms with Crippen LogP contribution in [0.25, 0.3) is 10.6 Å². The third-order valence-corrected chi connectivity index (χ3v) is 5.48. The van der Waals surface area contributed by atoms with E-state index in [4.69, 9.17) is 0 Å². The Balaban J connectivity index is 1.70. The van der Waals surface area contributed by atoms with Crippen LogP contribution in [0.4, 0.5) is 13.2 Å². The van der Waals surface area contributed by atoms with Gasteiger partial charge in [-0.15, -0.1) is 11.3 Å². The first-order valence-corrected chi connectivity index (χ1v) is 9.96. The molecule has 1 N–H and O–H groups in total. The zero-order valence-corrected chi connectivity index (χ0v) is 15.4. The van der Waals surface area contributed by atoms with Crippen LogP contribution in [0.2, 0.25) is 0 Å². The molecule has 0 radical (unpaired) electrons. The zero-order chi connectivity index (χ0) is 18.6. The SMILES string of the molecule is O=C(CSc1nc(-c2cccs2)cc(C(F)(F)F)n1)NN1CCCCC1. The molecule has 26 heavy (non-hydrogen) atoms. The molecule has 0 aromatic carbocycles. The van der Waals surface area contributed by atoms with Gasteiger partial charge in [0.1, 0.15) is 5.69 Å². The fourth-order valence-corrected chi connectivity index (χ4v) is 3.87. The monoisotopic (exact) mass is 402 g/mol. The van der Waals surface area contributed by atoms with E-state index < -0.39 is 11.9 Å². The van der Waals surface area contributed by atoms with Gasteiger partial charge >= 0.3 is 6.18 Å². The molecule has 1 fully saturated rings. The number of thiophene rings is 1. The van der Waals surface area contributed by atoms with E-state index in [9.17, 15) is 18.0 Å². The molecule has 1 aliphatic rings. The van der Waals surface area contributed by atoms with Crippen LogP contribution < -0.4 is 5.43 Å². The van der Waals surface area contributed by atoms with Gasteiger partial charge in [-0.1, -0.05) is 24.2 Å². The Bertz CT molecular complexity index is 746. The number of thioether (sulfide) groups is 1. The molecule has 5 nitrogen and oxygen atoms in total. The van der Waals surface area contributed by atoms with Gasteiger partial charge in [-0.25, -0.2) is 15.0 Å². The number of carbonyl (C=O) groups excluding carboxylic acids is 1. The van der Waals surface area contributed by atoms with E-state index in [1.54, 1.807) is 17.5 Å². The Kier molecular flexibility index (Phi) is 6.15. The molecule has 0 saturated carbocycles. The lowest BCUT2D eigenvalue weighted by atomic mass is 10.2. The van der Waals surface area contributed by atoms with Gasteiger partial charge in [-0.05, 0) is 30.4 Å². The van der Waals surface area contributed by atoms with Crippen molar-refractivity contribution in [2.45, 2.75) is 30.6 Å². The summed E-state index contributed by atoms with van der Waals surface area (Å²) in [5.41, 5.74) is 1.98. The lowest BCUT2D eigenvalue weighted by Crippen LogP contribution is -2.45. The van der Waals surface area contributed by atoms with Crippen molar-refractivity contribution in [3.63, 3.8) is 0 Å². The second kappa shape index (κ2) is 8.36. The van der Waals surface area contributed by atoms with Gasteiger partial charge in [-0.3, -0.25) is 10.2 Å². The number of halogens is 3. The number of hydrogen-bond acceptors (Lipinski definition) is 6. The smallest absolute Gasteiger partial charge is 0.288 e. The van der Waals surface area contributed by atoms with E-state index in [1.165, 1.54) is 11.3 Å². The van der Waals surface area contributed by atoms with E-state index >= 15 is 0 Å². The van der Waals surface area contributed by atoms with Crippen LogP contribution in [0.5, 0.6) is 0 Å². The average molecular weight is 402 g/mol. The second-order valence-corrected chi connectivity index (χ2v) is 7.66. The van der Waals surface area contributed by atoms with Gasteiger partial charge < -0.3 is 0 Å². The number of aromatic nitrogens is 2. The summed E-state index contributed by atoms with van der Waals surface area (Å²) in [6.07, 6.45) is -1.38. The molecule has 0 unspecified atom stereocenters. The van der Waals surface area contributed by atoms with Crippen LogP contribution in [0, 0.1) is 0 Å². The topological polar surface area (TPSA) is 58.1 Å². The van der Waals surface area contributed by atoms with E-state index in [0.29, 0.717) is 4.88 Å². The Morgan fingerprint density at radius 3 is 2.69 bits per heavy atom. The summed E-state index contributed by atoms with van der Waals surface area (Å²) in [4.78, 5) is 20.4. The van der Waals surface area contributed by atoms with E-state index in [-0.39, 0.29) is 22.5 Å². The lowest BCUT2D eigenvalue weighted by Gasteiger charge is -2.26. The molecule has 3 rings (SSSR count). The van der Waals surface area contributed by atoms with Gasteiger partial charge in [0.25, 0.3) is 0 Å². The van der Waals surface area contributed by atoms with Crippen LogP contribution in [-0.4, -0.2) is 39.7 Å². The summed E-state index contributed by atoms with van der Waals surface area (Å²) in [6, 6.07) is 4.38. The van der Waals surface area contributed by atoms with Gasteiger partial charge in [0.15, 0.2) is 5.16 Å². The number of carbonyl (C=O) groups is 1. The molecule has 1 aliphatic heterocycles. The zero-order valence-electron chi connectivity index (χ0n) is 13.8. The summed E-state index contributed by atoms with van der Waals surface area (Å²) in [7, 11) is 0. The van der Waals surface area contributed by atoms with E-state index in [2.05, 4.69) is 15.4 Å². The molecule has 0 atom stereocenters. The van der Waals surface area contributed by atoms with Crippen molar-refractivity contribution in [3.05, 3.63) is 29.3 Å². The second-order valence-electron chi connectivity index (χ2n) is 5.77. The number of rotatable bonds is 5. The predicted molar refractivity (Wildman–Crippen MR) is 94.6 cm³/mol. The first-order chi connectivity index (χ1) is 12.4. The number of nitrogens with zero attached hydrogens (tertiary/aromatic N) is 3. The molecule has 1 amide bonds. The molecule has 2 aromatic heterocycles. The molecule has 0 spiro atoms. The summed E-state index contributed by atoms with van der Waals surface area (Å²) < 4.78 is 39.3. The number of alkyl halides is 3. The summed E-state index contributed by atoms with van der Waals surface area (Å²) in [5.74, 6) is -0.308. The molecule has 10 heteroatoms. The van der Waals surface area contributed by atoms with Crippen molar-refractivity contribution in [2.75, 3.05) is 18.8 Å². The maximum Gasteiger partial charge on any atom is 0.433 e. The van der Waals surface area contributed by atoms with Crippen LogP contribution >= 0.6 is 23.1 Å². The van der Waals surface area contributed by atoms with E-state index in [1.807, 2.05) is 5.01 Å². The van der Waals surface area contributed by atoms with Gasteiger partial charge in [0.05, 0.1) is 16.3 Å². The Hall–Kier alpha value is -1.65. The Morgan fingerprint density at radius 2 is 2.04 bits per heavy atom. The van der Waals surface area contributed by atoms with Crippen molar-refractivity contribution in [1.82, 2.24) is 20.4 Å². The largest absolute Gasteiger partial charge is 0.433 e. The van der Waals surface area contributed by atoms with Gasteiger partial charge in [0, 0.05) is 13.1 Å². The highest BCUT2D eigenvalue weighted by molar-refractivity contribution is 7.99. The molecule has 3 heterocycles. The molecule has 140 valence electrons. The minimum atomic E-state index is -4.57. The van der Waals surface area contributed by atoms with Crippen LogP contribution in [-0.2, 0) is 11.0 Å². The molecular weight excluding hydrogens is 385 g/mol. The highest BCUT2D eigenvalue weighted by Crippen LogP contribution is 2.33. The fraction of sp³-hybridized carbons (Fsp3) is 0.438. The number of hydrogen-bond donors (Lipinski definition) is 1. The highest BCUT2D eigenvalue weighted by Gasteiger charge is 2.34. The minimum absolute atomic E-state index is 0.0400. The number of nitrogens with one attached hydrogen (secondary N) is 1. The Morgan fingerprint density at radius 1 is 1.27 bits per heavy atom. The molecular formula is C16H17F3N4OS2. The van der Waals surface area contributed by atoms with Gasteiger partial charge in [-0.2, -0.15) is 13.2 Å². The lowest BCUT2D eigenvalue weighted by molar-refractivity contribution is -0.141. The first kappa shape index (κ1) is 19.1. The maximum absolute atomic E-state index is 13.1. The third-order valence-electron chi connectivity index (χ3n) is 3.74. The summed E-state index contributed by atoms with van der Waals surface area (Å²) in [6.45, 7) is 1.58.